The number of nitrogens with one attached hydrogen (secondary N) is 3. The van der Waals surface area contributed by atoms with Gasteiger partial charge in [0, 0.05) is 42.1 Å². The van der Waals surface area contributed by atoms with Crippen molar-refractivity contribution in [3.8, 4) is 11.5 Å². The van der Waals surface area contributed by atoms with Crippen LogP contribution in [0, 0.1) is 5.92 Å². The first kappa shape index (κ1) is 31.2. The van der Waals surface area contributed by atoms with Gasteiger partial charge in [-0.1, -0.05) is 25.1 Å². The third-order valence-corrected chi connectivity index (χ3v) is 7.35. The number of hydrogen-bond donors (Lipinski definition) is 4. The molecule has 4 N–H and O–H groups in total. The van der Waals surface area contributed by atoms with E-state index < -0.39 is 18.2 Å². The summed E-state index contributed by atoms with van der Waals surface area (Å²) < 4.78 is 11.7. The molecule has 3 aromatic rings. The number of fused-ring (bicyclic) bond motifs is 1. The van der Waals surface area contributed by atoms with Crippen LogP contribution in [0.25, 0.3) is 0 Å². The average molecular weight is 590 g/mol. The number of nitrogens with zero attached hydrogens (tertiary/aromatic N) is 2. The number of aliphatic hydroxyl groups excluding tert-OH is 1. The van der Waals surface area contributed by atoms with Gasteiger partial charge in [0.15, 0.2) is 0 Å². The molecule has 0 unspecified atom stereocenters. The minimum absolute atomic E-state index is 0.0166. The zero-order chi connectivity index (χ0) is 30.9. The SMILES string of the molecule is COc1ccc(NC(=O)N(C)C[C@@H]2Oc3ccc(NC(=O)Nc4ccccc4)cc3CC(=O)N([C@@H](C)CO)C[C@H]2C)cc1. The van der Waals surface area contributed by atoms with Gasteiger partial charge in [0.05, 0.1) is 32.7 Å². The zero-order valence-electron chi connectivity index (χ0n) is 24.9. The molecule has 3 atom stereocenters. The van der Waals surface area contributed by atoms with E-state index in [-0.39, 0.29) is 37.4 Å². The van der Waals surface area contributed by atoms with Gasteiger partial charge in [0.1, 0.15) is 17.6 Å². The quantitative estimate of drug-likeness (QED) is 0.302. The van der Waals surface area contributed by atoms with E-state index in [4.69, 9.17) is 9.47 Å². The van der Waals surface area contributed by atoms with E-state index >= 15 is 0 Å². The lowest BCUT2D eigenvalue weighted by Gasteiger charge is -2.34. The Hall–Kier alpha value is -4.77. The number of likely N-dealkylation sites (N-methyl/N-ethyl adjacent to an activating group) is 1. The second-order valence-electron chi connectivity index (χ2n) is 10.7. The fraction of sp³-hybridized carbons (Fsp3) is 0.344. The molecule has 0 fully saturated rings. The number of carbonyl (C=O) groups is 3. The van der Waals surface area contributed by atoms with E-state index in [1.165, 1.54) is 4.90 Å². The summed E-state index contributed by atoms with van der Waals surface area (Å²) in [5.41, 5.74) is 2.34. The standard InChI is InChI=1S/C32H39N5O6/c1-21-18-37(22(2)20-38)30(39)17-23-16-26(34-31(40)33-24-8-6-5-7-9-24)12-15-28(23)43-29(21)19-36(3)32(41)35-25-10-13-27(42-4)14-11-25/h5-16,21-22,29,38H,17-20H2,1-4H3,(H,35,41)(H2,33,34,40)/t21-,22+,29+/m1/s1. The van der Waals surface area contributed by atoms with E-state index in [9.17, 15) is 19.5 Å². The molecule has 1 aliphatic heterocycles. The second kappa shape index (κ2) is 14.4. The number of methoxy groups -OCH3 is 1. The highest BCUT2D eigenvalue weighted by molar-refractivity contribution is 6.00. The second-order valence-corrected chi connectivity index (χ2v) is 10.7. The number of para-hydroxylation sites is 1. The van der Waals surface area contributed by atoms with E-state index in [1.54, 1.807) is 80.6 Å². The fourth-order valence-corrected chi connectivity index (χ4v) is 4.79. The van der Waals surface area contributed by atoms with Crippen LogP contribution < -0.4 is 25.4 Å². The number of urea groups is 2. The maximum absolute atomic E-state index is 13.5. The summed E-state index contributed by atoms with van der Waals surface area (Å²) in [4.78, 5) is 42.3. The van der Waals surface area contributed by atoms with Crippen LogP contribution in [0.5, 0.6) is 11.5 Å². The van der Waals surface area contributed by atoms with Crippen molar-refractivity contribution in [1.29, 1.82) is 0 Å². The van der Waals surface area contributed by atoms with Crippen molar-refractivity contribution in [2.24, 2.45) is 5.92 Å². The molecule has 1 heterocycles. The number of rotatable bonds is 8. The van der Waals surface area contributed by atoms with Crippen LogP contribution in [-0.2, 0) is 11.2 Å². The number of hydrogen-bond acceptors (Lipinski definition) is 6. The molecule has 4 rings (SSSR count). The average Bonchev–Trinajstić information content (AvgIpc) is 3.04. The van der Waals surface area contributed by atoms with Gasteiger partial charge in [-0.3, -0.25) is 4.79 Å². The number of ether oxygens (including phenoxy) is 2. The molecule has 11 nitrogen and oxygen atoms in total. The molecule has 11 heteroatoms. The molecule has 5 amide bonds. The summed E-state index contributed by atoms with van der Waals surface area (Å²) >= 11 is 0. The Balaban J connectivity index is 1.54. The van der Waals surface area contributed by atoms with Gasteiger partial charge in [0.25, 0.3) is 0 Å². The molecule has 0 bridgehead atoms. The van der Waals surface area contributed by atoms with Crippen molar-refractivity contribution in [3.05, 3.63) is 78.4 Å². The zero-order valence-corrected chi connectivity index (χ0v) is 24.9. The molecule has 0 saturated heterocycles. The lowest BCUT2D eigenvalue weighted by molar-refractivity contribution is -0.134. The van der Waals surface area contributed by atoms with Crippen LogP contribution >= 0.6 is 0 Å². The van der Waals surface area contributed by atoms with Gasteiger partial charge < -0.3 is 40.3 Å². The molecule has 0 radical (unpaired) electrons. The monoisotopic (exact) mass is 589 g/mol. The topological polar surface area (TPSA) is 132 Å². The van der Waals surface area contributed by atoms with Crippen LogP contribution in [0.15, 0.2) is 72.8 Å². The summed E-state index contributed by atoms with van der Waals surface area (Å²) in [6.07, 6.45) is -0.465. The summed E-state index contributed by atoms with van der Waals surface area (Å²) in [6.45, 7) is 4.12. The van der Waals surface area contributed by atoms with Gasteiger partial charge in [-0.25, -0.2) is 9.59 Å². The lowest BCUT2D eigenvalue weighted by Crippen LogP contribution is -2.48. The van der Waals surface area contributed by atoms with E-state index in [0.717, 1.165) is 0 Å². The Bertz CT molecular complexity index is 1400. The van der Waals surface area contributed by atoms with Crippen LogP contribution in [-0.4, -0.2) is 78.9 Å². The maximum atomic E-state index is 13.5. The highest BCUT2D eigenvalue weighted by Crippen LogP contribution is 2.29. The Morgan fingerprint density at radius 3 is 2.35 bits per heavy atom. The summed E-state index contributed by atoms with van der Waals surface area (Å²) in [6, 6.07) is 20.1. The van der Waals surface area contributed by atoms with Gasteiger partial charge >= 0.3 is 12.1 Å². The van der Waals surface area contributed by atoms with Gasteiger partial charge in [0.2, 0.25) is 5.91 Å². The Kier molecular flexibility index (Phi) is 10.4. The normalized spacial score (nSPS) is 17.2. The minimum atomic E-state index is -0.482. The maximum Gasteiger partial charge on any atom is 0.323 e. The first-order chi connectivity index (χ1) is 20.7. The molecule has 0 aliphatic carbocycles. The van der Waals surface area contributed by atoms with E-state index in [2.05, 4.69) is 16.0 Å². The van der Waals surface area contributed by atoms with Crippen LogP contribution in [0.1, 0.15) is 19.4 Å². The van der Waals surface area contributed by atoms with Gasteiger partial charge in [-0.05, 0) is 61.5 Å². The summed E-state index contributed by atoms with van der Waals surface area (Å²) in [5.74, 6) is 0.816. The van der Waals surface area contributed by atoms with Crippen molar-refractivity contribution in [2.45, 2.75) is 32.4 Å². The summed E-state index contributed by atoms with van der Waals surface area (Å²) in [5, 5.41) is 18.4. The van der Waals surface area contributed by atoms with Crippen LogP contribution in [0.4, 0.5) is 26.7 Å². The van der Waals surface area contributed by atoms with Gasteiger partial charge in [-0.15, -0.1) is 0 Å². The van der Waals surface area contributed by atoms with Crippen molar-refractivity contribution >= 4 is 35.0 Å². The highest BCUT2D eigenvalue weighted by atomic mass is 16.5. The smallest absolute Gasteiger partial charge is 0.323 e. The van der Waals surface area contributed by atoms with Crippen molar-refractivity contribution < 1.29 is 29.0 Å². The number of benzene rings is 3. The molecule has 0 spiro atoms. The lowest BCUT2D eigenvalue weighted by atomic mass is 10.0. The third-order valence-electron chi connectivity index (χ3n) is 7.35. The largest absolute Gasteiger partial charge is 0.497 e. The molecule has 1 aliphatic rings. The van der Waals surface area contributed by atoms with E-state index in [1.807, 2.05) is 25.1 Å². The molecule has 228 valence electrons. The number of carbonyl (C=O) groups excluding carboxylic acids is 3. The predicted octanol–water partition coefficient (Wildman–Crippen LogP) is 4.65. The number of amides is 5. The number of anilines is 3. The Labute approximate surface area is 251 Å². The van der Waals surface area contributed by atoms with Crippen LogP contribution in [0.3, 0.4) is 0 Å². The first-order valence-electron chi connectivity index (χ1n) is 14.2. The predicted molar refractivity (Wildman–Crippen MR) is 166 cm³/mol. The molecule has 3 aromatic carbocycles. The molecule has 0 saturated carbocycles. The van der Waals surface area contributed by atoms with Crippen LogP contribution in [0.2, 0.25) is 0 Å². The van der Waals surface area contributed by atoms with Crippen molar-refractivity contribution in [2.75, 3.05) is 49.8 Å². The fourth-order valence-electron chi connectivity index (χ4n) is 4.79. The Morgan fingerprint density at radius 1 is 1.02 bits per heavy atom. The molecule has 43 heavy (non-hydrogen) atoms. The third kappa shape index (κ3) is 8.39. The molecular weight excluding hydrogens is 550 g/mol. The highest BCUT2D eigenvalue weighted by Gasteiger charge is 2.32. The molecule has 0 aromatic heterocycles. The van der Waals surface area contributed by atoms with Crippen molar-refractivity contribution in [3.63, 3.8) is 0 Å². The molecular formula is C32H39N5O6. The number of aliphatic hydroxyl groups is 1. The minimum Gasteiger partial charge on any atom is -0.497 e. The first-order valence-corrected chi connectivity index (χ1v) is 14.2. The Morgan fingerprint density at radius 2 is 1.67 bits per heavy atom. The van der Waals surface area contributed by atoms with Crippen molar-refractivity contribution in [1.82, 2.24) is 9.80 Å². The summed E-state index contributed by atoms with van der Waals surface area (Å²) in [7, 11) is 3.26. The van der Waals surface area contributed by atoms with Gasteiger partial charge in [-0.2, -0.15) is 0 Å². The van der Waals surface area contributed by atoms with E-state index in [0.29, 0.717) is 40.7 Å².